The number of aromatic nitrogens is 1. The summed E-state index contributed by atoms with van der Waals surface area (Å²) in [7, 11) is 0. The Bertz CT molecular complexity index is 600. The molecule has 20 heavy (non-hydrogen) atoms. The van der Waals surface area contributed by atoms with E-state index in [9.17, 15) is 9.90 Å². The van der Waals surface area contributed by atoms with Crippen LogP contribution in [0.3, 0.4) is 0 Å². The maximum atomic E-state index is 11.9. The third kappa shape index (κ3) is 3.35. The number of nitrogens with one attached hydrogen (secondary N) is 1. The summed E-state index contributed by atoms with van der Waals surface area (Å²) in [6.07, 6.45) is 3.07. The monoisotopic (exact) mass is 290 g/mol. The number of aliphatic hydroxyl groups is 1. The van der Waals surface area contributed by atoms with Gasteiger partial charge in [-0.3, -0.25) is 9.78 Å². The van der Waals surface area contributed by atoms with Crippen LogP contribution in [0.15, 0.2) is 48.8 Å². The fourth-order valence-corrected chi connectivity index (χ4v) is 2.18. The molecule has 2 aromatic rings. The molecule has 1 amide bonds. The van der Waals surface area contributed by atoms with E-state index in [1.54, 1.807) is 49.5 Å². The van der Waals surface area contributed by atoms with Crippen LogP contribution in [0.2, 0.25) is 5.02 Å². The standard InChI is InChI=1S/C15H15ClN2O2/c1-15(20,12-6-2-3-7-13(12)16)10-18-14(19)11-5-4-8-17-9-11/h2-9,20H,10H2,1H3,(H,18,19)/t15-/m0/s1. The van der Waals surface area contributed by atoms with Gasteiger partial charge in [-0.25, -0.2) is 0 Å². The van der Waals surface area contributed by atoms with Gasteiger partial charge in [-0.1, -0.05) is 29.8 Å². The molecule has 0 unspecified atom stereocenters. The van der Waals surface area contributed by atoms with Gasteiger partial charge in [0.1, 0.15) is 5.60 Å². The highest BCUT2D eigenvalue weighted by atomic mass is 35.5. The molecule has 1 atom stereocenters. The molecule has 0 saturated heterocycles. The minimum absolute atomic E-state index is 0.0600. The molecule has 0 aliphatic rings. The summed E-state index contributed by atoms with van der Waals surface area (Å²) in [6, 6.07) is 10.4. The van der Waals surface area contributed by atoms with Crippen molar-refractivity contribution in [1.82, 2.24) is 10.3 Å². The fourth-order valence-electron chi connectivity index (χ4n) is 1.84. The summed E-state index contributed by atoms with van der Waals surface area (Å²) in [5, 5.41) is 13.6. The average molecular weight is 291 g/mol. The lowest BCUT2D eigenvalue weighted by Gasteiger charge is -2.25. The quantitative estimate of drug-likeness (QED) is 0.909. The van der Waals surface area contributed by atoms with Gasteiger partial charge in [-0.15, -0.1) is 0 Å². The Morgan fingerprint density at radius 3 is 2.75 bits per heavy atom. The van der Waals surface area contributed by atoms with E-state index in [4.69, 9.17) is 11.6 Å². The summed E-state index contributed by atoms with van der Waals surface area (Å²) >= 11 is 6.06. The minimum atomic E-state index is -1.24. The Morgan fingerprint density at radius 1 is 1.35 bits per heavy atom. The molecule has 1 aromatic heterocycles. The Morgan fingerprint density at radius 2 is 2.10 bits per heavy atom. The number of hydrogen-bond acceptors (Lipinski definition) is 3. The highest BCUT2D eigenvalue weighted by molar-refractivity contribution is 6.31. The van der Waals surface area contributed by atoms with Gasteiger partial charge in [0.05, 0.1) is 12.1 Å². The molecule has 1 heterocycles. The third-order valence-corrected chi connectivity index (χ3v) is 3.30. The highest BCUT2D eigenvalue weighted by Crippen LogP contribution is 2.27. The van der Waals surface area contributed by atoms with Crippen LogP contribution in [0.1, 0.15) is 22.8 Å². The molecule has 4 nitrogen and oxygen atoms in total. The molecule has 0 spiro atoms. The van der Waals surface area contributed by atoms with Crippen molar-refractivity contribution in [2.24, 2.45) is 0 Å². The van der Waals surface area contributed by atoms with Crippen LogP contribution < -0.4 is 5.32 Å². The van der Waals surface area contributed by atoms with Crippen molar-refractivity contribution in [3.05, 3.63) is 64.9 Å². The van der Waals surface area contributed by atoms with Crippen LogP contribution >= 0.6 is 11.6 Å². The summed E-state index contributed by atoms with van der Waals surface area (Å²) in [4.78, 5) is 15.8. The fraction of sp³-hybridized carbons (Fsp3) is 0.200. The van der Waals surface area contributed by atoms with E-state index in [1.165, 1.54) is 6.20 Å². The first kappa shape index (κ1) is 14.5. The van der Waals surface area contributed by atoms with E-state index in [1.807, 2.05) is 0 Å². The largest absolute Gasteiger partial charge is 0.384 e. The SMILES string of the molecule is C[C@](O)(CNC(=O)c1cccnc1)c1ccccc1Cl. The molecule has 0 aliphatic carbocycles. The molecule has 0 saturated carbocycles. The van der Waals surface area contributed by atoms with E-state index in [0.29, 0.717) is 16.1 Å². The molecule has 2 rings (SSSR count). The molecule has 1 aromatic carbocycles. The molecule has 5 heteroatoms. The maximum absolute atomic E-state index is 11.9. The second-order valence-electron chi connectivity index (χ2n) is 4.68. The zero-order valence-electron chi connectivity index (χ0n) is 11.0. The molecule has 104 valence electrons. The van der Waals surface area contributed by atoms with Crippen LogP contribution in [0.5, 0.6) is 0 Å². The maximum Gasteiger partial charge on any atom is 0.252 e. The van der Waals surface area contributed by atoms with Crippen LogP contribution in [-0.2, 0) is 5.60 Å². The molecular weight excluding hydrogens is 276 g/mol. The molecule has 0 aliphatic heterocycles. The summed E-state index contributed by atoms with van der Waals surface area (Å²) in [5.41, 5.74) is -0.216. The molecule has 0 bridgehead atoms. The van der Waals surface area contributed by atoms with Gasteiger partial charge in [-0.05, 0) is 25.1 Å². The van der Waals surface area contributed by atoms with Crippen molar-refractivity contribution in [2.45, 2.75) is 12.5 Å². The van der Waals surface area contributed by atoms with Gasteiger partial charge < -0.3 is 10.4 Å². The number of carbonyl (C=O) groups excluding carboxylic acids is 1. The number of amides is 1. The Kier molecular flexibility index (Phi) is 4.37. The highest BCUT2D eigenvalue weighted by Gasteiger charge is 2.26. The lowest BCUT2D eigenvalue weighted by atomic mass is 9.96. The smallest absolute Gasteiger partial charge is 0.252 e. The third-order valence-electron chi connectivity index (χ3n) is 2.97. The van der Waals surface area contributed by atoms with Crippen LogP contribution in [0.25, 0.3) is 0 Å². The zero-order valence-corrected chi connectivity index (χ0v) is 11.8. The number of halogens is 1. The van der Waals surface area contributed by atoms with E-state index >= 15 is 0 Å². The van der Waals surface area contributed by atoms with Gasteiger partial charge >= 0.3 is 0 Å². The van der Waals surface area contributed by atoms with Crippen molar-refractivity contribution in [3.8, 4) is 0 Å². The van der Waals surface area contributed by atoms with Gasteiger partial charge in [-0.2, -0.15) is 0 Å². The summed E-state index contributed by atoms with van der Waals surface area (Å²) in [6.45, 7) is 1.67. The normalized spacial score (nSPS) is 13.6. The van der Waals surface area contributed by atoms with E-state index in [0.717, 1.165) is 0 Å². The Hall–Kier alpha value is -1.91. The summed E-state index contributed by atoms with van der Waals surface area (Å²) in [5.74, 6) is -0.287. The van der Waals surface area contributed by atoms with Crippen LogP contribution in [0.4, 0.5) is 0 Å². The second kappa shape index (κ2) is 6.03. The van der Waals surface area contributed by atoms with Crippen LogP contribution in [0, 0.1) is 0 Å². The topological polar surface area (TPSA) is 62.2 Å². The average Bonchev–Trinajstić information content (AvgIpc) is 2.46. The molecular formula is C15H15ClN2O2. The van der Waals surface area contributed by atoms with Gasteiger partial charge in [0.15, 0.2) is 0 Å². The van der Waals surface area contributed by atoms with E-state index in [-0.39, 0.29) is 12.5 Å². The number of carbonyl (C=O) groups is 1. The van der Waals surface area contributed by atoms with Crippen LogP contribution in [-0.4, -0.2) is 22.5 Å². The van der Waals surface area contributed by atoms with Crippen molar-refractivity contribution in [2.75, 3.05) is 6.54 Å². The molecule has 0 radical (unpaired) electrons. The number of rotatable bonds is 4. The summed E-state index contributed by atoms with van der Waals surface area (Å²) < 4.78 is 0. The second-order valence-corrected chi connectivity index (χ2v) is 5.09. The van der Waals surface area contributed by atoms with Gasteiger partial charge in [0, 0.05) is 23.0 Å². The molecule has 0 fully saturated rings. The lowest BCUT2D eigenvalue weighted by Crippen LogP contribution is -2.38. The van der Waals surface area contributed by atoms with Crippen molar-refractivity contribution in [3.63, 3.8) is 0 Å². The Balaban J connectivity index is 2.07. The van der Waals surface area contributed by atoms with Crippen molar-refractivity contribution in [1.29, 1.82) is 0 Å². The number of benzene rings is 1. The zero-order chi connectivity index (χ0) is 14.6. The van der Waals surface area contributed by atoms with Gasteiger partial charge in [0.25, 0.3) is 5.91 Å². The van der Waals surface area contributed by atoms with Crippen molar-refractivity contribution < 1.29 is 9.90 Å². The van der Waals surface area contributed by atoms with E-state index < -0.39 is 5.60 Å². The van der Waals surface area contributed by atoms with Crippen molar-refractivity contribution >= 4 is 17.5 Å². The number of nitrogens with zero attached hydrogens (tertiary/aromatic N) is 1. The number of pyridine rings is 1. The Labute approximate surface area is 122 Å². The predicted molar refractivity (Wildman–Crippen MR) is 77.6 cm³/mol. The first-order valence-corrected chi connectivity index (χ1v) is 6.54. The molecule has 2 N–H and O–H groups in total. The van der Waals surface area contributed by atoms with Gasteiger partial charge in [0.2, 0.25) is 0 Å². The first-order chi connectivity index (χ1) is 9.50. The van der Waals surface area contributed by atoms with E-state index in [2.05, 4.69) is 10.3 Å². The minimum Gasteiger partial charge on any atom is -0.384 e. The lowest BCUT2D eigenvalue weighted by molar-refractivity contribution is 0.0527. The number of hydrogen-bond donors (Lipinski definition) is 2. The predicted octanol–water partition coefficient (Wildman–Crippen LogP) is 2.37. The first-order valence-electron chi connectivity index (χ1n) is 6.16.